The molecule has 2 bridgehead atoms. The summed E-state index contributed by atoms with van der Waals surface area (Å²) in [5, 5.41) is 5.78. The van der Waals surface area contributed by atoms with E-state index < -0.39 is 0 Å². The fourth-order valence-electron chi connectivity index (χ4n) is 5.56. The number of benzene rings is 1. The van der Waals surface area contributed by atoms with Crippen LogP contribution in [0.3, 0.4) is 0 Å². The lowest BCUT2D eigenvalue weighted by Crippen LogP contribution is -2.49. The standard InChI is InChI=1S/C25H30N4O3/c30-23(18-7-3-1-4-8-18)28-14-17-13-19(16-28)22-12-11-21(24(31)29(22)15-17)27-25(32)26-20-9-5-2-6-10-20/h1,3-4,7-8,11-12,17,19-20H,2,5-6,9-10,13-16H2,(H2,26,27,32). The van der Waals surface area contributed by atoms with Crippen molar-refractivity contribution in [3.05, 3.63) is 64.1 Å². The Kier molecular flexibility index (Phi) is 5.72. The predicted molar refractivity (Wildman–Crippen MR) is 123 cm³/mol. The molecule has 1 saturated carbocycles. The Bertz CT molecular complexity index is 1060. The van der Waals surface area contributed by atoms with Gasteiger partial charge in [-0.3, -0.25) is 9.59 Å². The molecule has 2 aromatic rings. The van der Waals surface area contributed by atoms with Crippen LogP contribution in [-0.4, -0.2) is 40.5 Å². The highest BCUT2D eigenvalue weighted by Gasteiger charge is 2.37. The second-order valence-electron chi connectivity index (χ2n) is 9.40. The van der Waals surface area contributed by atoms with Crippen molar-refractivity contribution in [3.63, 3.8) is 0 Å². The van der Waals surface area contributed by atoms with Crippen LogP contribution >= 0.6 is 0 Å². The molecule has 0 spiro atoms. The summed E-state index contributed by atoms with van der Waals surface area (Å²) < 4.78 is 1.80. The molecular formula is C25H30N4O3. The zero-order valence-electron chi connectivity index (χ0n) is 18.3. The first-order valence-electron chi connectivity index (χ1n) is 11.7. The van der Waals surface area contributed by atoms with Crippen LogP contribution in [0, 0.1) is 5.92 Å². The zero-order chi connectivity index (χ0) is 22.1. The number of anilines is 1. The minimum absolute atomic E-state index is 0.0498. The number of fused-ring (bicyclic) bond motifs is 4. The van der Waals surface area contributed by atoms with Crippen molar-refractivity contribution < 1.29 is 9.59 Å². The molecule has 32 heavy (non-hydrogen) atoms. The Hall–Kier alpha value is -3.09. The van der Waals surface area contributed by atoms with Gasteiger partial charge in [0.2, 0.25) is 0 Å². The van der Waals surface area contributed by atoms with Crippen molar-refractivity contribution in [2.24, 2.45) is 5.92 Å². The van der Waals surface area contributed by atoms with Gasteiger partial charge in [-0.1, -0.05) is 37.5 Å². The van der Waals surface area contributed by atoms with E-state index in [0.717, 1.165) is 37.8 Å². The first-order chi connectivity index (χ1) is 15.6. The Labute approximate surface area is 187 Å². The smallest absolute Gasteiger partial charge is 0.319 e. The summed E-state index contributed by atoms with van der Waals surface area (Å²) in [7, 11) is 0. The van der Waals surface area contributed by atoms with Crippen LogP contribution in [0.5, 0.6) is 0 Å². The predicted octanol–water partition coefficient (Wildman–Crippen LogP) is 3.56. The largest absolute Gasteiger partial charge is 0.338 e. The van der Waals surface area contributed by atoms with Gasteiger partial charge in [-0.05, 0) is 49.4 Å². The summed E-state index contributed by atoms with van der Waals surface area (Å²) in [4.78, 5) is 40.5. The third kappa shape index (κ3) is 4.16. The maximum Gasteiger partial charge on any atom is 0.319 e. The van der Waals surface area contributed by atoms with Gasteiger partial charge < -0.3 is 20.1 Å². The van der Waals surface area contributed by atoms with Crippen molar-refractivity contribution in [1.29, 1.82) is 0 Å². The average molecular weight is 435 g/mol. The lowest BCUT2D eigenvalue weighted by atomic mass is 9.83. The van der Waals surface area contributed by atoms with Gasteiger partial charge in [0.05, 0.1) is 0 Å². The number of likely N-dealkylation sites (tertiary alicyclic amines) is 1. The maximum absolute atomic E-state index is 13.1. The van der Waals surface area contributed by atoms with Crippen molar-refractivity contribution in [3.8, 4) is 0 Å². The monoisotopic (exact) mass is 434 g/mol. The molecule has 1 saturated heterocycles. The summed E-state index contributed by atoms with van der Waals surface area (Å²) in [5.41, 5.74) is 1.82. The molecule has 3 aliphatic rings. The Balaban J connectivity index is 1.30. The molecule has 3 amide bonds. The number of pyridine rings is 1. The van der Waals surface area contributed by atoms with Gasteiger partial charge in [-0.2, -0.15) is 0 Å². The Morgan fingerprint density at radius 3 is 2.47 bits per heavy atom. The van der Waals surface area contributed by atoms with Gasteiger partial charge in [0.25, 0.3) is 11.5 Å². The molecule has 2 aliphatic heterocycles. The molecule has 2 N–H and O–H groups in total. The molecule has 0 radical (unpaired) electrons. The Morgan fingerprint density at radius 2 is 1.69 bits per heavy atom. The molecule has 168 valence electrons. The van der Waals surface area contributed by atoms with Crippen LogP contribution in [0.2, 0.25) is 0 Å². The van der Waals surface area contributed by atoms with Crippen molar-refractivity contribution >= 4 is 17.6 Å². The molecule has 2 fully saturated rings. The fourth-order valence-corrected chi connectivity index (χ4v) is 5.56. The molecule has 1 aliphatic carbocycles. The van der Waals surface area contributed by atoms with Gasteiger partial charge in [-0.15, -0.1) is 0 Å². The number of hydrogen-bond acceptors (Lipinski definition) is 3. The van der Waals surface area contributed by atoms with Crippen LogP contribution in [0.25, 0.3) is 0 Å². The van der Waals surface area contributed by atoms with E-state index in [0.29, 0.717) is 30.9 Å². The third-order valence-electron chi connectivity index (χ3n) is 7.10. The van der Waals surface area contributed by atoms with Crippen molar-refractivity contribution in [1.82, 2.24) is 14.8 Å². The van der Waals surface area contributed by atoms with Crippen LogP contribution in [0.15, 0.2) is 47.3 Å². The highest BCUT2D eigenvalue weighted by Crippen LogP contribution is 2.36. The number of nitrogens with zero attached hydrogens (tertiary/aromatic N) is 2. The van der Waals surface area contributed by atoms with Crippen molar-refractivity contribution in [2.75, 3.05) is 18.4 Å². The van der Waals surface area contributed by atoms with E-state index in [4.69, 9.17) is 0 Å². The van der Waals surface area contributed by atoms with Gasteiger partial charge in [-0.25, -0.2) is 4.79 Å². The first-order valence-corrected chi connectivity index (χ1v) is 11.7. The van der Waals surface area contributed by atoms with E-state index in [1.54, 1.807) is 10.6 Å². The lowest BCUT2D eigenvalue weighted by molar-refractivity contribution is 0.0594. The van der Waals surface area contributed by atoms with E-state index in [-0.39, 0.29) is 35.4 Å². The minimum Gasteiger partial charge on any atom is -0.338 e. The van der Waals surface area contributed by atoms with Crippen LogP contribution in [-0.2, 0) is 6.54 Å². The van der Waals surface area contributed by atoms with E-state index in [1.165, 1.54) is 6.42 Å². The third-order valence-corrected chi connectivity index (χ3v) is 7.10. The number of amides is 3. The number of carbonyl (C=O) groups excluding carboxylic acids is 2. The van der Waals surface area contributed by atoms with Crippen LogP contribution in [0.4, 0.5) is 10.5 Å². The summed E-state index contributed by atoms with van der Waals surface area (Å²) in [6.45, 7) is 1.83. The highest BCUT2D eigenvalue weighted by molar-refractivity contribution is 5.94. The van der Waals surface area contributed by atoms with Gasteiger partial charge >= 0.3 is 6.03 Å². The number of urea groups is 1. The van der Waals surface area contributed by atoms with E-state index >= 15 is 0 Å². The van der Waals surface area contributed by atoms with Gasteiger partial charge in [0.15, 0.2) is 0 Å². The topological polar surface area (TPSA) is 83.4 Å². The van der Waals surface area contributed by atoms with Gasteiger partial charge in [0, 0.05) is 42.9 Å². The summed E-state index contributed by atoms with van der Waals surface area (Å²) >= 11 is 0. The Morgan fingerprint density at radius 1 is 0.906 bits per heavy atom. The summed E-state index contributed by atoms with van der Waals surface area (Å²) in [6.07, 6.45) is 6.48. The molecule has 7 heteroatoms. The summed E-state index contributed by atoms with van der Waals surface area (Å²) in [5.74, 6) is 0.416. The average Bonchev–Trinajstić information content (AvgIpc) is 2.82. The molecule has 2 unspecified atom stereocenters. The van der Waals surface area contributed by atoms with E-state index in [1.807, 2.05) is 41.3 Å². The summed E-state index contributed by atoms with van der Waals surface area (Å²) in [6, 6.07) is 12.9. The number of hydrogen-bond donors (Lipinski definition) is 2. The highest BCUT2D eigenvalue weighted by atomic mass is 16.2. The minimum atomic E-state index is -0.301. The maximum atomic E-state index is 13.1. The first kappa shape index (κ1) is 20.8. The molecule has 1 aromatic heterocycles. The second kappa shape index (κ2) is 8.81. The second-order valence-corrected chi connectivity index (χ2v) is 9.40. The molecule has 1 aromatic carbocycles. The molecule has 2 atom stereocenters. The van der Waals surface area contributed by atoms with Crippen LogP contribution in [0.1, 0.15) is 60.5 Å². The van der Waals surface area contributed by atoms with Crippen LogP contribution < -0.4 is 16.2 Å². The molecular weight excluding hydrogens is 404 g/mol. The van der Waals surface area contributed by atoms with E-state index in [2.05, 4.69) is 10.6 Å². The molecule has 7 nitrogen and oxygen atoms in total. The molecule has 5 rings (SSSR count). The quantitative estimate of drug-likeness (QED) is 0.775. The number of nitrogens with one attached hydrogen (secondary N) is 2. The fraction of sp³-hybridized carbons (Fsp3) is 0.480. The van der Waals surface area contributed by atoms with E-state index in [9.17, 15) is 14.4 Å². The van der Waals surface area contributed by atoms with Gasteiger partial charge in [0.1, 0.15) is 5.69 Å². The zero-order valence-corrected chi connectivity index (χ0v) is 18.3. The lowest BCUT2D eigenvalue weighted by Gasteiger charge is -2.43. The molecule has 3 heterocycles. The SMILES string of the molecule is O=C(Nc1ccc2n(c1=O)CC1CC2CN(C(=O)c2ccccc2)C1)NC1CCCCC1. The number of carbonyl (C=O) groups is 2. The van der Waals surface area contributed by atoms with Crippen molar-refractivity contribution in [2.45, 2.75) is 57.0 Å². The number of piperidine rings is 1. The number of rotatable bonds is 3. The number of aromatic nitrogens is 1. The normalized spacial score (nSPS) is 22.7.